The van der Waals surface area contributed by atoms with Gasteiger partial charge in [-0.25, -0.2) is 14.2 Å². The first-order valence-corrected chi connectivity index (χ1v) is 10.9. The predicted molar refractivity (Wildman–Crippen MR) is 118 cm³/mol. The van der Waals surface area contributed by atoms with Gasteiger partial charge in [-0.15, -0.1) is 0 Å². The van der Waals surface area contributed by atoms with Crippen LogP contribution in [0.2, 0.25) is 0 Å². The van der Waals surface area contributed by atoms with Crippen LogP contribution in [0.25, 0.3) is 22.4 Å². The maximum atomic E-state index is 11.7. The van der Waals surface area contributed by atoms with E-state index in [-0.39, 0.29) is 11.7 Å². The third-order valence-corrected chi connectivity index (χ3v) is 5.62. The number of hydrogen-bond acceptors (Lipinski definition) is 6. The highest BCUT2D eigenvalue weighted by Gasteiger charge is 2.16. The summed E-state index contributed by atoms with van der Waals surface area (Å²) >= 11 is -1.93. The second kappa shape index (κ2) is 7.89. The molecule has 1 amide bonds. The number of aryl methyl sites for hydroxylation is 1. The zero-order chi connectivity index (χ0) is 21.4. The van der Waals surface area contributed by atoms with E-state index in [1.165, 1.54) is 0 Å². The summed E-state index contributed by atoms with van der Waals surface area (Å²) in [5.74, 6) is 1.05. The van der Waals surface area contributed by atoms with Crippen molar-refractivity contribution in [2.75, 3.05) is 10.6 Å². The Bertz CT molecular complexity index is 1340. The fourth-order valence-electron chi connectivity index (χ4n) is 3.59. The molecule has 1 aliphatic rings. The average molecular weight is 434 g/mol. The minimum Gasteiger partial charge on any atom is -0.338 e. The lowest BCUT2D eigenvalue weighted by Crippen LogP contribution is -2.18. The summed E-state index contributed by atoms with van der Waals surface area (Å²) in [6, 6.07) is 13.1. The van der Waals surface area contributed by atoms with Gasteiger partial charge >= 0.3 is 0 Å². The molecule has 5 rings (SSSR count). The van der Waals surface area contributed by atoms with Gasteiger partial charge in [-0.3, -0.25) is 9.89 Å². The van der Waals surface area contributed by atoms with E-state index in [0.717, 1.165) is 28.9 Å². The van der Waals surface area contributed by atoms with Crippen molar-refractivity contribution < 1.29 is 13.6 Å². The topological polar surface area (TPSA) is 133 Å². The molecule has 0 aliphatic carbocycles. The molecule has 0 bridgehead atoms. The number of carbonyl (C=O) groups is 1. The summed E-state index contributed by atoms with van der Waals surface area (Å²) in [4.78, 5) is 21.0. The van der Waals surface area contributed by atoms with Crippen LogP contribution in [0.4, 0.5) is 17.2 Å². The normalized spacial score (nSPS) is 14.2. The van der Waals surface area contributed by atoms with E-state index in [4.69, 9.17) is 0 Å². The number of carbonyl (C=O) groups excluding carboxylic acids is 1. The number of aromatic amines is 1. The van der Waals surface area contributed by atoms with Gasteiger partial charge in [0.2, 0.25) is 5.91 Å². The van der Waals surface area contributed by atoms with Gasteiger partial charge in [-0.2, -0.15) is 5.10 Å². The summed E-state index contributed by atoms with van der Waals surface area (Å²) in [6.45, 7) is 0. The van der Waals surface area contributed by atoms with Crippen molar-refractivity contribution in [2.45, 2.75) is 18.6 Å². The van der Waals surface area contributed by atoms with Gasteiger partial charge < -0.3 is 15.2 Å². The molecular formula is C21H18N6O3S. The lowest BCUT2D eigenvalue weighted by Gasteiger charge is -2.18. The number of H-pyrrole nitrogens is 1. The van der Waals surface area contributed by atoms with E-state index in [0.29, 0.717) is 34.7 Å². The highest BCUT2D eigenvalue weighted by Crippen LogP contribution is 2.30. The number of anilines is 3. The Balaban J connectivity index is 1.53. The second-order valence-corrected chi connectivity index (χ2v) is 8.17. The van der Waals surface area contributed by atoms with E-state index in [1.54, 1.807) is 24.4 Å². The molecule has 0 radical (unpaired) electrons. The van der Waals surface area contributed by atoms with E-state index in [9.17, 15) is 13.6 Å². The maximum Gasteiger partial charge on any atom is 0.224 e. The molecule has 1 aliphatic heterocycles. The van der Waals surface area contributed by atoms with Gasteiger partial charge in [-0.1, -0.05) is 24.3 Å². The summed E-state index contributed by atoms with van der Waals surface area (Å²) in [6.07, 6.45) is 2.83. The van der Waals surface area contributed by atoms with Gasteiger partial charge in [0.1, 0.15) is 11.0 Å². The molecular weight excluding hydrogens is 416 g/mol. The summed E-state index contributed by atoms with van der Waals surface area (Å²) in [7, 11) is 0. The molecule has 4 aromatic rings. The smallest absolute Gasteiger partial charge is 0.224 e. The lowest BCUT2D eigenvalue weighted by atomic mass is 10.0. The van der Waals surface area contributed by atoms with Crippen LogP contribution in [0.1, 0.15) is 17.5 Å². The lowest BCUT2D eigenvalue weighted by molar-refractivity contribution is -0.116. The Morgan fingerprint density at radius 1 is 1.13 bits per heavy atom. The van der Waals surface area contributed by atoms with Gasteiger partial charge in [-0.05, 0) is 35.7 Å². The number of benzene rings is 2. The number of amides is 1. The number of nitrogens with zero attached hydrogens (tertiary/aromatic N) is 3. The summed E-state index contributed by atoms with van der Waals surface area (Å²) < 4.78 is 20.3. The number of hydrogen-bond donors (Lipinski definition) is 4. The molecule has 1 unspecified atom stereocenters. The molecule has 0 spiro atoms. The molecule has 3 heterocycles. The van der Waals surface area contributed by atoms with E-state index in [2.05, 4.69) is 30.8 Å². The van der Waals surface area contributed by atoms with Crippen LogP contribution in [-0.4, -0.2) is 34.8 Å². The number of aromatic nitrogens is 4. The molecule has 10 heteroatoms. The van der Waals surface area contributed by atoms with Gasteiger partial charge in [0.05, 0.1) is 11.9 Å². The monoisotopic (exact) mass is 434 g/mol. The average Bonchev–Trinajstić information content (AvgIpc) is 3.22. The van der Waals surface area contributed by atoms with Crippen molar-refractivity contribution in [1.29, 1.82) is 0 Å². The fraction of sp³-hybridized carbons (Fsp3) is 0.143. The predicted octanol–water partition coefficient (Wildman–Crippen LogP) is 3.37. The third-order valence-electron chi connectivity index (χ3n) is 5.04. The standard InChI is InChI=1S/C21H18N6O3S/c28-18-7-5-13-4-6-15(9-16(13)24-18)23-21-19-17(10-22-27-19)25-20(26-21)14-3-1-2-12(8-14)11-31(29)30/h1-4,6,8-10H,5,7,11H2,(H,22,27)(H,24,28)(H,29,30)(H,23,25,26). The van der Waals surface area contributed by atoms with Crippen molar-refractivity contribution in [3.63, 3.8) is 0 Å². The number of nitrogens with one attached hydrogen (secondary N) is 3. The van der Waals surface area contributed by atoms with Crippen LogP contribution in [0.15, 0.2) is 48.7 Å². The van der Waals surface area contributed by atoms with Crippen molar-refractivity contribution >= 4 is 45.2 Å². The van der Waals surface area contributed by atoms with Crippen LogP contribution >= 0.6 is 0 Å². The molecule has 0 fully saturated rings. The van der Waals surface area contributed by atoms with Crippen molar-refractivity contribution in [1.82, 2.24) is 20.2 Å². The van der Waals surface area contributed by atoms with Crippen molar-refractivity contribution in [2.24, 2.45) is 0 Å². The molecule has 4 N–H and O–H groups in total. The largest absolute Gasteiger partial charge is 0.338 e. The van der Waals surface area contributed by atoms with Crippen LogP contribution in [0.3, 0.4) is 0 Å². The summed E-state index contributed by atoms with van der Waals surface area (Å²) in [5, 5.41) is 13.2. The first kappa shape index (κ1) is 19.3. The molecule has 1 atom stereocenters. The zero-order valence-corrected chi connectivity index (χ0v) is 17.1. The highest BCUT2D eigenvalue weighted by atomic mass is 32.2. The van der Waals surface area contributed by atoms with Crippen LogP contribution in [0, 0.1) is 0 Å². The first-order chi connectivity index (χ1) is 15.0. The van der Waals surface area contributed by atoms with Crippen molar-refractivity contribution in [3.8, 4) is 11.4 Å². The van der Waals surface area contributed by atoms with E-state index < -0.39 is 11.1 Å². The minimum absolute atomic E-state index is 0.00798. The molecule has 31 heavy (non-hydrogen) atoms. The Morgan fingerprint density at radius 3 is 2.90 bits per heavy atom. The molecule has 2 aromatic heterocycles. The SMILES string of the molecule is O=C1CCc2ccc(Nc3nc(-c4cccc(CS(=O)O)c4)nc4cn[nH]c34)cc2N1. The highest BCUT2D eigenvalue weighted by molar-refractivity contribution is 7.78. The third kappa shape index (κ3) is 4.03. The minimum atomic E-state index is -1.93. The molecule has 0 saturated carbocycles. The second-order valence-electron chi connectivity index (χ2n) is 7.24. The fourth-order valence-corrected chi connectivity index (χ4v) is 4.05. The Hall–Kier alpha value is -3.63. The van der Waals surface area contributed by atoms with Crippen LogP contribution in [-0.2, 0) is 28.0 Å². The molecule has 156 valence electrons. The zero-order valence-electron chi connectivity index (χ0n) is 16.3. The Kier molecular flexibility index (Phi) is 4.92. The van der Waals surface area contributed by atoms with Crippen LogP contribution < -0.4 is 10.6 Å². The Morgan fingerprint density at radius 2 is 2.03 bits per heavy atom. The van der Waals surface area contributed by atoms with Gasteiger partial charge in [0, 0.05) is 23.4 Å². The maximum absolute atomic E-state index is 11.7. The van der Waals surface area contributed by atoms with E-state index >= 15 is 0 Å². The molecule has 0 saturated heterocycles. The quantitative estimate of drug-likeness (QED) is 0.354. The molecule has 2 aromatic carbocycles. The molecule has 9 nitrogen and oxygen atoms in total. The first-order valence-electron chi connectivity index (χ1n) is 9.63. The Labute approximate surface area is 179 Å². The number of rotatable bonds is 5. The summed E-state index contributed by atoms with van der Waals surface area (Å²) in [5.41, 5.74) is 5.39. The van der Waals surface area contributed by atoms with E-state index in [1.807, 2.05) is 24.3 Å². The van der Waals surface area contributed by atoms with Gasteiger partial charge in [0.15, 0.2) is 22.7 Å². The van der Waals surface area contributed by atoms with Crippen molar-refractivity contribution in [3.05, 3.63) is 59.8 Å². The van der Waals surface area contributed by atoms with Crippen LogP contribution in [0.5, 0.6) is 0 Å². The van der Waals surface area contributed by atoms with Gasteiger partial charge in [0.25, 0.3) is 0 Å². The number of fused-ring (bicyclic) bond motifs is 2.